The van der Waals surface area contributed by atoms with E-state index in [1.165, 1.54) is 23.4 Å². The van der Waals surface area contributed by atoms with Crippen LogP contribution in [0, 0.1) is 5.82 Å². The second kappa shape index (κ2) is 5.98. The highest BCUT2D eigenvalue weighted by Gasteiger charge is 2.14. The molecule has 106 valence electrons. The van der Waals surface area contributed by atoms with Gasteiger partial charge in [0.1, 0.15) is 5.82 Å². The first-order chi connectivity index (χ1) is 9.41. The van der Waals surface area contributed by atoms with E-state index in [2.05, 4.69) is 32.9 Å². The molecule has 0 spiro atoms. The van der Waals surface area contributed by atoms with Crippen molar-refractivity contribution in [2.24, 2.45) is 0 Å². The van der Waals surface area contributed by atoms with Crippen LogP contribution in [0.3, 0.4) is 0 Å². The second-order valence-corrected chi connectivity index (χ2v) is 6.85. The molecule has 0 fully saturated rings. The lowest BCUT2D eigenvalue weighted by molar-refractivity contribution is 0.277. The van der Waals surface area contributed by atoms with E-state index < -0.39 is 0 Å². The first-order valence-electron chi connectivity index (χ1n) is 6.58. The van der Waals surface area contributed by atoms with Gasteiger partial charge >= 0.3 is 0 Å². The standard InChI is InChI=1S/C17H19FOS/c1-17(2,3)13-7-9-14(10-8-13)20-16-12(11-19)5-4-6-15(16)18/h4-10,19H,11H2,1-3H3. The summed E-state index contributed by atoms with van der Waals surface area (Å²) in [6, 6.07) is 12.9. The van der Waals surface area contributed by atoms with Gasteiger partial charge in [-0.1, -0.05) is 56.8 Å². The zero-order valence-electron chi connectivity index (χ0n) is 12.0. The molecule has 0 saturated heterocycles. The van der Waals surface area contributed by atoms with Gasteiger partial charge in [0.2, 0.25) is 0 Å². The molecule has 1 nitrogen and oxygen atoms in total. The molecule has 3 heteroatoms. The summed E-state index contributed by atoms with van der Waals surface area (Å²) < 4.78 is 13.9. The minimum Gasteiger partial charge on any atom is -0.392 e. The van der Waals surface area contributed by atoms with Crippen LogP contribution in [-0.2, 0) is 12.0 Å². The Kier molecular flexibility index (Phi) is 4.51. The third kappa shape index (κ3) is 3.41. The molecule has 0 radical (unpaired) electrons. The summed E-state index contributed by atoms with van der Waals surface area (Å²) in [6.45, 7) is 6.34. The Hall–Kier alpha value is -1.32. The van der Waals surface area contributed by atoms with Crippen molar-refractivity contribution in [1.29, 1.82) is 0 Å². The van der Waals surface area contributed by atoms with Gasteiger partial charge in [-0.05, 0) is 34.7 Å². The summed E-state index contributed by atoms with van der Waals surface area (Å²) >= 11 is 1.35. The van der Waals surface area contributed by atoms with E-state index in [1.807, 2.05) is 12.1 Å². The fraction of sp³-hybridized carbons (Fsp3) is 0.294. The van der Waals surface area contributed by atoms with Gasteiger partial charge in [-0.15, -0.1) is 0 Å². The van der Waals surface area contributed by atoms with Crippen LogP contribution in [0.4, 0.5) is 4.39 Å². The molecular weight excluding hydrogens is 271 g/mol. The average Bonchev–Trinajstić information content (AvgIpc) is 2.40. The molecule has 2 rings (SSSR count). The molecular formula is C17H19FOS. The molecule has 0 atom stereocenters. The van der Waals surface area contributed by atoms with Crippen LogP contribution >= 0.6 is 11.8 Å². The van der Waals surface area contributed by atoms with Gasteiger partial charge in [-0.2, -0.15) is 0 Å². The Balaban J connectivity index is 2.27. The zero-order valence-corrected chi connectivity index (χ0v) is 12.8. The van der Waals surface area contributed by atoms with E-state index in [4.69, 9.17) is 0 Å². The number of halogens is 1. The van der Waals surface area contributed by atoms with Crippen molar-refractivity contribution in [2.45, 2.75) is 42.6 Å². The number of aliphatic hydroxyl groups excluding tert-OH is 1. The zero-order chi connectivity index (χ0) is 14.8. The molecule has 20 heavy (non-hydrogen) atoms. The predicted octanol–water partition coefficient (Wildman–Crippen LogP) is 4.77. The molecule has 0 aliphatic heterocycles. The summed E-state index contributed by atoms with van der Waals surface area (Å²) in [6.07, 6.45) is 0. The van der Waals surface area contributed by atoms with Crippen LogP contribution in [0.1, 0.15) is 31.9 Å². The van der Waals surface area contributed by atoms with E-state index in [0.29, 0.717) is 10.5 Å². The minimum absolute atomic E-state index is 0.109. The molecule has 0 bridgehead atoms. The number of aliphatic hydroxyl groups is 1. The van der Waals surface area contributed by atoms with Crippen molar-refractivity contribution < 1.29 is 9.50 Å². The number of benzene rings is 2. The van der Waals surface area contributed by atoms with Crippen LogP contribution in [0.2, 0.25) is 0 Å². The molecule has 1 N–H and O–H groups in total. The van der Waals surface area contributed by atoms with Crippen molar-refractivity contribution in [3.05, 3.63) is 59.4 Å². The Morgan fingerprint density at radius 1 is 1.05 bits per heavy atom. The van der Waals surface area contributed by atoms with E-state index in [9.17, 15) is 9.50 Å². The maximum absolute atomic E-state index is 13.9. The normalized spacial score (nSPS) is 11.7. The summed E-state index contributed by atoms with van der Waals surface area (Å²) in [5, 5.41) is 9.29. The van der Waals surface area contributed by atoms with Crippen LogP contribution in [-0.4, -0.2) is 5.11 Å². The monoisotopic (exact) mass is 290 g/mol. The second-order valence-electron chi connectivity index (χ2n) is 5.76. The number of hydrogen-bond acceptors (Lipinski definition) is 2. The quantitative estimate of drug-likeness (QED) is 0.879. The third-order valence-corrected chi connectivity index (χ3v) is 4.33. The Labute approximate surface area is 123 Å². The SMILES string of the molecule is CC(C)(C)c1ccc(Sc2c(F)cccc2CO)cc1. The van der Waals surface area contributed by atoms with E-state index >= 15 is 0 Å². The first kappa shape index (κ1) is 15.1. The fourth-order valence-corrected chi connectivity index (χ4v) is 2.87. The fourth-order valence-electron chi connectivity index (χ4n) is 1.93. The molecule has 0 aromatic heterocycles. The van der Waals surface area contributed by atoms with Gasteiger partial charge in [-0.25, -0.2) is 4.39 Å². The number of hydrogen-bond donors (Lipinski definition) is 1. The molecule has 0 aliphatic rings. The first-order valence-corrected chi connectivity index (χ1v) is 7.40. The Morgan fingerprint density at radius 3 is 2.25 bits per heavy atom. The molecule has 2 aromatic rings. The summed E-state index contributed by atoms with van der Waals surface area (Å²) in [4.78, 5) is 1.47. The summed E-state index contributed by atoms with van der Waals surface area (Å²) in [7, 11) is 0. The van der Waals surface area contributed by atoms with Crippen molar-refractivity contribution in [1.82, 2.24) is 0 Å². The van der Waals surface area contributed by atoms with Gasteiger partial charge < -0.3 is 5.11 Å². The van der Waals surface area contributed by atoms with Gasteiger partial charge in [-0.3, -0.25) is 0 Å². The summed E-state index contributed by atoms with van der Waals surface area (Å²) in [5.41, 5.74) is 1.98. The van der Waals surface area contributed by atoms with E-state index in [1.54, 1.807) is 12.1 Å². The van der Waals surface area contributed by atoms with Crippen molar-refractivity contribution >= 4 is 11.8 Å². The van der Waals surface area contributed by atoms with Crippen molar-refractivity contribution in [2.75, 3.05) is 0 Å². The molecule has 0 unspecified atom stereocenters. The largest absolute Gasteiger partial charge is 0.392 e. The Bertz CT molecular complexity index is 585. The topological polar surface area (TPSA) is 20.2 Å². The summed E-state index contributed by atoms with van der Waals surface area (Å²) in [5.74, 6) is -0.290. The van der Waals surface area contributed by atoms with Gasteiger partial charge in [0, 0.05) is 4.90 Å². The van der Waals surface area contributed by atoms with Crippen LogP contribution in [0.25, 0.3) is 0 Å². The predicted molar refractivity (Wildman–Crippen MR) is 81.6 cm³/mol. The minimum atomic E-state index is -0.290. The van der Waals surface area contributed by atoms with Crippen molar-refractivity contribution in [3.63, 3.8) is 0 Å². The highest BCUT2D eigenvalue weighted by atomic mass is 32.2. The van der Waals surface area contributed by atoms with Crippen LogP contribution in [0.15, 0.2) is 52.3 Å². The lowest BCUT2D eigenvalue weighted by atomic mass is 9.87. The molecule has 2 aromatic carbocycles. The van der Waals surface area contributed by atoms with Crippen LogP contribution in [0.5, 0.6) is 0 Å². The number of rotatable bonds is 3. The van der Waals surface area contributed by atoms with Crippen molar-refractivity contribution in [3.8, 4) is 0 Å². The Morgan fingerprint density at radius 2 is 1.70 bits per heavy atom. The van der Waals surface area contributed by atoms with E-state index in [0.717, 1.165) is 4.90 Å². The molecule has 0 saturated carbocycles. The lowest BCUT2D eigenvalue weighted by Crippen LogP contribution is -2.10. The highest BCUT2D eigenvalue weighted by molar-refractivity contribution is 7.99. The average molecular weight is 290 g/mol. The maximum atomic E-state index is 13.9. The van der Waals surface area contributed by atoms with Crippen LogP contribution < -0.4 is 0 Å². The molecule has 0 heterocycles. The molecule has 0 aliphatic carbocycles. The lowest BCUT2D eigenvalue weighted by Gasteiger charge is -2.19. The van der Waals surface area contributed by atoms with Gasteiger partial charge in [0.05, 0.1) is 11.5 Å². The molecule has 0 amide bonds. The maximum Gasteiger partial charge on any atom is 0.137 e. The third-order valence-electron chi connectivity index (χ3n) is 3.16. The van der Waals surface area contributed by atoms with Gasteiger partial charge in [0.15, 0.2) is 0 Å². The smallest absolute Gasteiger partial charge is 0.137 e. The van der Waals surface area contributed by atoms with Gasteiger partial charge in [0.25, 0.3) is 0 Å². The van der Waals surface area contributed by atoms with E-state index in [-0.39, 0.29) is 17.8 Å². The highest BCUT2D eigenvalue weighted by Crippen LogP contribution is 2.34.